The van der Waals surface area contributed by atoms with Crippen molar-refractivity contribution in [3.05, 3.63) is 89.1 Å². The fourth-order valence-electron chi connectivity index (χ4n) is 4.09. The quantitative estimate of drug-likeness (QED) is 0.306. The second-order valence-corrected chi connectivity index (χ2v) is 8.44. The second-order valence-electron chi connectivity index (χ2n) is 8.00. The molecular formula is C25H20ClF2N5O. The van der Waals surface area contributed by atoms with Crippen LogP contribution in [-0.4, -0.2) is 31.4 Å². The van der Waals surface area contributed by atoms with Gasteiger partial charge in [0.15, 0.2) is 5.82 Å². The van der Waals surface area contributed by atoms with E-state index < -0.39 is 17.7 Å². The highest BCUT2D eigenvalue weighted by Crippen LogP contribution is 2.38. The molecule has 2 aliphatic rings. The van der Waals surface area contributed by atoms with Gasteiger partial charge in [0.25, 0.3) is 0 Å². The van der Waals surface area contributed by atoms with Gasteiger partial charge in [-0.15, -0.1) is 10.2 Å². The molecule has 0 saturated carbocycles. The van der Waals surface area contributed by atoms with Crippen LogP contribution < -0.4 is 4.74 Å². The Morgan fingerprint density at radius 1 is 1.03 bits per heavy atom. The number of ether oxygens (including phenoxy) is 1. The van der Waals surface area contributed by atoms with Crippen LogP contribution in [0.4, 0.5) is 8.78 Å². The largest absolute Gasteiger partial charge is 0.495 e. The number of rotatable bonds is 5. The van der Waals surface area contributed by atoms with Gasteiger partial charge in [-0.3, -0.25) is 0 Å². The van der Waals surface area contributed by atoms with E-state index in [0.717, 1.165) is 29.1 Å². The van der Waals surface area contributed by atoms with Crippen molar-refractivity contribution in [1.29, 1.82) is 0 Å². The highest BCUT2D eigenvalue weighted by atomic mass is 35.5. The van der Waals surface area contributed by atoms with E-state index in [2.05, 4.69) is 15.2 Å². The van der Waals surface area contributed by atoms with Crippen molar-refractivity contribution in [1.82, 2.24) is 24.3 Å². The van der Waals surface area contributed by atoms with Crippen LogP contribution >= 0.6 is 11.6 Å². The van der Waals surface area contributed by atoms with Gasteiger partial charge in [0.05, 0.1) is 35.9 Å². The van der Waals surface area contributed by atoms with Gasteiger partial charge in [-0.25, -0.2) is 13.8 Å². The molecule has 1 aromatic heterocycles. The first kappa shape index (κ1) is 22.0. The fraction of sp³-hybridized carbons (Fsp3) is 0.160. The standard InChI is InChI=1S/C25H20ClF2N5O/c1-14-11-32(13-29-14)22-7-4-16(8-23(22)34-3)24-20-9-17(26)12-33(25(20)31-30-24)15(2)19-10-18(27)5-6-21(19)28/h4-13,15H,1-3H3/t15-/m1/s1. The summed E-state index contributed by atoms with van der Waals surface area (Å²) in [6.07, 6.45) is 5.27. The molecule has 3 aromatic rings. The van der Waals surface area contributed by atoms with Gasteiger partial charge in [0.2, 0.25) is 0 Å². The summed E-state index contributed by atoms with van der Waals surface area (Å²) in [5.74, 6) is 0.112. The molecule has 0 N–H and O–H groups in total. The molecule has 2 aromatic carbocycles. The zero-order chi connectivity index (χ0) is 24.0. The topological polar surface area (TPSA) is 57.8 Å². The first-order valence-electron chi connectivity index (χ1n) is 10.5. The number of benzene rings is 2. The van der Waals surface area contributed by atoms with E-state index in [9.17, 15) is 8.78 Å². The minimum atomic E-state index is -0.567. The molecule has 34 heavy (non-hydrogen) atoms. The Hall–Kier alpha value is -3.78. The van der Waals surface area contributed by atoms with Crippen molar-refractivity contribution >= 4 is 11.6 Å². The van der Waals surface area contributed by atoms with Crippen LogP contribution in [0.25, 0.3) is 28.3 Å². The van der Waals surface area contributed by atoms with Gasteiger partial charge < -0.3 is 13.9 Å². The maximum absolute atomic E-state index is 14.5. The van der Waals surface area contributed by atoms with Gasteiger partial charge in [-0.2, -0.15) is 0 Å². The number of imidazole rings is 1. The number of methoxy groups -OCH3 is 1. The van der Waals surface area contributed by atoms with Crippen molar-refractivity contribution in [3.63, 3.8) is 0 Å². The van der Waals surface area contributed by atoms with E-state index in [1.807, 2.05) is 35.9 Å². The number of hydrogen-bond acceptors (Lipinski definition) is 4. The molecule has 0 fully saturated rings. The number of aromatic nitrogens is 5. The number of pyridine rings is 1. The molecule has 0 amide bonds. The van der Waals surface area contributed by atoms with Crippen molar-refractivity contribution in [2.45, 2.75) is 19.9 Å². The first-order valence-corrected chi connectivity index (χ1v) is 10.9. The van der Waals surface area contributed by atoms with Gasteiger partial charge in [-0.05, 0) is 50.2 Å². The summed E-state index contributed by atoms with van der Waals surface area (Å²) in [6, 6.07) is 10.3. The molecule has 0 unspecified atom stereocenters. The molecule has 1 atom stereocenters. The highest BCUT2D eigenvalue weighted by molar-refractivity contribution is 6.30. The van der Waals surface area contributed by atoms with E-state index in [-0.39, 0.29) is 5.56 Å². The van der Waals surface area contributed by atoms with Gasteiger partial charge in [0.1, 0.15) is 23.1 Å². The fourth-order valence-corrected chi connectivity index (χ4v) is 4.30. The van der Waals surface area contributed by atoms with Crippen LogP contribution in [0.3, 0.4) is 0 Å². The normalized spacial score (nSPS) is 12.3. The molecule has 172 valence electrons. The molecule has 0 aliphatic carbocycles. The third-order valence-electron chi connectivity index (χ3n) is 5.80. The molecule has 9 heteroatoms. The van der Waals surface area contributed by atoms with Crippen LogP contribution in [0.1, 0.15) is 24.2 Å². The zero-order valence-corrected chi connectivity index (χ0v) is 19.4. The Balaban J connectivity index is 1.58. The smallest absolute Gasteiger partial charge is 0.165 e. The Morgan fingerprint density at radius 3 is 2.59 bits per heavy atom. The van der Waals surface area contributed by atoms with Crippen molar-refractivity contribution in [2.24, 2.45) is 0 Å². The van der Waals surface area contributed by atoms with Crippen molar-refractivity contribution in [3.8, 4) is 34.1 Å². The highest BCUT2D eigenvalue weighted by Gasteiger charge is 2.24. The summed E-state index contributed by atoms with van der Waals surface area (Å²) in [5, 5.41) is 9.17. The van der Waals surface area contributed by atoms with Gasteiger partial charge in [-0.1, -0.05) is 17.7 Å². The monoisotopic (exact) mass is 479 g/mol. The SMILES string of the molecule is COc1cc(-c2nnc3n([C@H](C)c4cc(F)ccc4F)cc(Cl)cc2-3)ccc1-n1cnc(C)c1. The molecule has 5 rings (SSSR count). The number of aryl methyl sites for hydroxylation is 1. The van der Waals surface area contributed by atoms with Crippen LogP contribution in [-0.2, 0) is 0 Å². The summed E-state index contributed by atoms with van der Waals surface area (Å²) >= 11 is 6.43. The van der Waals surface area contributed by atoms with E-state index in [1.54, 1.807) is 37.2 Å². The van der Waals surface area contributed by atoms with E-state index >= 15 is 0 Å². The molecular weight excluding hydrogens is 460 g/mol. The number of fused-ring (bicyclic) bond motifs is 1. The van der Waals surface area contributed by atoms with Crippen molar-refractivity contribution < 1.29 is 13.5 Å². The van der Waals surface area contributed by atoms with E-state index in [4.69, 9.17) is 16.3 Å². The first-order chi connectivity index (χ1) is 16.4. The van der Waals surface area contributed by atoms with Crippen molar-refractivity contribution in [2.75, 3.05) is 7.11 Å². The average molecular weight is 480 g/mol. The van der Waals surface area contributed by atoms with E-state index in [0.29, 0.717) is 27.9 Å². The summed E-state index contributed by atoms with van der Waals surface area (Å²) in [4.78, 5) is 4.27. The summed E-state index contributed by atoms with van der Waals surface area (Å²) in [7, 11) is 1.60. The maximum atomic E-state index is 14.5. The third kappa shape index (κ3) is 3.80. The number of nitrogens with zero attached hydrogens (tertiary/aromatic N) is 5. The lowest BCUT2D eigenvalue weighted by Gasteiger charge is -2.20. The van der Waals surface area contributed by atoms with Gasteiger partial charge >= 0.3 is 0 Å². The minimum absolute atomic E-state index is 0.194. The predicted octanol–water partition coefficient (Wildman–Crippen LogP) is 6.09. The van der Waals surface area contributed by atoms with Crippen LogP contribution in [0.5, 0.6) is 5.75 Å². The third-order valence-corrected chi connectivity index (χ3v) is 6.01. The summed E-state index contributed by atoms with van der Waals surface area (Å²) in [6.45, 7) is 3.67. The lowest BCUT2D eigenvalue weighted by Crippen LogP contribution is -2.12. The Morgan fingerprint density at radius 2 is 1.85 bits per heavy atom. The predicted molar refractivity (Wildman–Crippen MR) is 126 cm³/mol. The zero-order valence-electron chi connectivity index (χ0n) is 18.6. The lowest BCUT2D eigenvalue weighted by molar-refractivity contribution is 0.413. The molecule has 0 radical (unpaired) electrons. The second kappa shape index (κ2) is 8.53. The summed E-state index contributed by atoms with van der Waals surface area (Å²) in [5.41, 5.74) is 3.98. The van der Waals surface area contributed by atoms with Crippen LogP contribution in [0.15, 0.2) is 61.2 Å². The summed E-state index contributed by atoms with van der Waals surface area (Å²) < 4.78 is 37.5. The number of hydrogen-bond donors (Lipinski definition) is 0. The maximum Gasteiger partial charge on any atom is 0.165 e. The van der Waals surface area contributed by atoms with Gasteiger partial charge in [0, 0.05) is 29.1 Å². The molecule has 0 spiro atoms. The Labute approximate surface area is 199 Å². The number of halogens is 3. The van der Waals surface area contributed by atoms with E-state index in [1.165, 1.54) is 6.07 Å². The Kier molecular flexibility index (Phi) is 5.53. The molecule has 2 aliphatic heterocycles. The van der Waals surface area contributed by atoms with Crippen LogP contribution in [0.2, 0.25) is 5.02 Å². The van der Waals surface area contributed by atoms with Crippen LogP contribution in [0, 0.1) is 18.6 Å². The Bertz CT molecular complexity index is 1480. The molecule has 0 saturated heterocycles. The average Bonchev–Trinajstić information content (AvgIpc) is 3.45. The molecule has 0 bridgehead atoms. The minimum Gasteiger partial charge on any atom is -0.495 e. The molecule has 3 heterocycles. The molecule has 6 nitrogen and oxygen atoms in total. The lowest BCUT2D eigenvalue weighted by atomic mass is 10.0.